The Kier molecular flexibility index (Phi) is 6.37. The van der Waals surface area contributed by atoms with Gasteiger partial charge in [0.2, 0.25) is 6.33 Å². The lowest BCUT2D eigenvalue weighted by molar-refractivity contribution is -0.671. The highest BCUT2D eigenvalue weighted by Gasteiger charge is 1.97. The largest absolute Gasteiger partial charge is 1.00 e. The third-order valence-electron chi connectivity index (χ3n) is 1.52. The average molecular weight is 282 g/mol. The van der Waals surface area contributed by atoms with Crippen LogP contribution in [0.4, 0.5) is 0 Å². The first-order chi connectivity index (χ1) is 5.33. The second-order valence-electron chi connectivity index (χ2n) is 2.51. The van der Waals surface area contributed by atoms with Gasteiger partial charge in [-0.15, -0.1) is 0 Å². The molecule has 1 rings (SSSR count). The third-order valence-corrected chi connectivity index (χ3v) is 1.52. The van der Waals surface area contributed by atoms with E-state index in [4.69, 9.17) is 4.74 Å². The first-order valence-electron chi connectivity index (χ1n) is 3.91. The molecule has 0 saturated carbocycles. The lowest BCUT2D eigenvalue weighted by Gasteiger charge is -1.96. The Bertz CT molecular complexity index is 213. The first-order valence-corrected chi connectivity index (χ1v) is 3.91. The van der Waals surface area contributed by atoms with Crippen molar-refractivity contribution in [2.24, 2.45) is 7.05 Å². The molecule has 70 valence electrons. The number of hydrogen-bond donors (Lipinski definition) is 0. The summed E-state index contributed by atoms with van der Waals surface area (Å²) in [6.07, 6.45) is 6.10. The summed E-state index contributed by atoms with van der Waals surface area (Å²) in [6, 6.07) is 0. The number of ether oxygens (including phenoxy) is 1. The van der Waals surface area contributed by atoms with Crippen LogP contribution in [0.3, 0.4) is 0 Å². The van der Waals surface area contributed by atoms with Crippen molar-refractivity contribution in [1.29, 1.82) is 0 Å². The molecule has 3 nitrogen and oxygen atoms in total. The summed E-state index contributed by atoms with van der Waals surface area (Å²) < 4.78 is 9.34. The normalized spacial score (nSPS) is 9.50. The van der Waals surface area contributed by atoms with Crippen molar-refractivity contribution in [3.63, 3.8) is 0 Å². The summed E-state index contributed by atoms with van der Waals surface area (Å²) in [5.41, 5.74) is 0. The molecular formula is C8H15IN2O. The summed E-state index contributed by atoms with van der Waals surface area (Å²) in [6.45, 7) is 4.54. The van der Waals surface area contributed by atoms with Gasteiger partial charge in [0.25, 0.3) is 0 Å². The molecule has 4 heteroatoms. The number of rotatable bonds is 4. The Morgan fingerprint density at radius 1 is 1.50 bits per heavy atom. The zero-order valence-corrected chi connectivity index (χ0v) is 9.69. The van der Waals surface area contributed by atoms with Crippen LogP contribution in [0, 0.1) is 0 Å². The standard InChI is InChI=1S/C8H15N2O.HI/c1-3-11-7-6-10-5-4-9(2)8-10;/h4-5,8H,3,6-7H2,1-2H3;1H/q+1;/p-1. The molecule has 0 amide bonds. The van der Waals surface area contributed by atoms with Crippen LogP contribution in [-0.4, -0.2) is 17.8 Å². The highest BCUT2D eigenvalue weighted by Crippen LogP contribution is 1.84. The van der Waals surface area contributed by atoms with Gasteiger partial charge in [-0.2, -0.15) is 0 Å². The Balaban J connectivity index is 0.00000121. The zero-order valence-electron chi connectivity index (χ0n) is 7.53. The molecule has 0 saturated heterocycles. The van der Waals surface area contributed by atoms with Gasteiger partial charge in [0.1, 0.15) is 18.9 Å². The topological polar surface area (TPSA) is 18.0 Å². The van der Waals surface area contributed by atoms with Crippen LogP contribution in [-0.2, 0) is 18.3 Å². The van der Waals surface area contributed by atoms with Crippen molar-refractivity contribution in [3.05, 3.63) is 18.7 Å². The number of hydrogen-bond acceptors (Lipinski definition) is 1. The van der Waals surface area contributed by atoms with Crippen LogP contribution in [0.15, 0.2) is 18.7 Å². The molecule has 0 atom stereocenters. The minimum absolute atomic E-state index is 0. The number of imidazole rings is 1. The van der Waals surface area contributed by atoms with Crippen molar-refractivity contribution in [2.75, 3.05) is 13.2 Å². The third kappa shape index (κ3) is 4.06. The van der Waals surface area contributed by atoms with Crippen LogP contribution in [0.25, 0.3) is 0 Å². The van der Waals surface area contributed by atoms with Gasteiger partial charge in [0.15, 0.2) is 0 Å². The van der Waals surface area contributed by atoms with E-state index in [0.29, 0.717) is 0 Å². The molecular weight excluding hydrogens is 267 g/mol. The van der Waals surface area contributed by atoms with Gasteiger partial charge >= 0.3 is 0 Å². The summed E-state index contributed by atoms with van der Waals surface area (Å²) in [4.78, 5) is 0. The maximum absolute atomic E-state index is 5.22. The molecule has 0 aliphatic carbocycles. The predicted octanol–water partition coefficient (Wildman–Crippen LogP) is -2.65. The van der Waals surface area contributed by atoms with Crippen molar-refractivity contribution in [1.82, 2.24) is 4.57 Å². The molecule has 0 aliphatic heterocycles. The minimum Gasteiger partial charge on any atom is -1.00 e. The maximum atomic E-state index is 5.22. The summed E-state index contributed by atoms with van der Waals surface area (Å²) >= 11 is 0. The lowest BCUT2D eigenvalue weighted by Crippen LogP contribution is -3.00. The van der Waals surface area contributed by atoms with Crippen molar-refractivity contribution >= 4 is 0 Å². The van der Waals surface area contributed by atoms with Gasteiger partial charge in [-0.3, -0.25) is 0 Å². The van der Waals surface area contributed by atoms with Crippen LogP contribution in [0.5, 0.6) is 0 Å². The second-order valence-corrected chi connectivity index (χ2v) is 2.51. The molecule has 0 unspecified atom stereocenters. The van der Waals surface area contributed by atoms with Crippen LogP contribution in [0.1, 0.15) is 6.92 Å². The predicted molar refractivity (Wildman–Crippen MR) is 42.1 cm³/mol. The quantitative estimate of drug-likeness (QED) is 0.335. The SMILES string of the molecule is CCOCCn1cc[n+](C)c1.[I-]. The first kappa shape index (κ1) is 11.9. The van der Waals surface area contributed by atoms with Gasteiger partial charge in [-0.25, -0.2) is 9.13 Å². The van der Waals surface area contributed by atoms with Gasteiger partial charge in [-0.05, 0) is 6.92 Å². The fraction of sp³-hybridized carbons (Fsp3) is 0.625. The molecule has 0 bridgehead atoms. The Morgan fingerprint density at radius 3 is 2.75 bits per heavy atom. The van der Waals surface area contributed by atoms with Gasteiger partial charge < -0.3 is 28.7 Å². The van der Waals surface area contributed by atoms with E-state index in [-0.39, 0.29) is 24.0 Å². The second kappa shape index (κ2) is 6.42. The highest BCUT2D eigenvalue weighted by molar-refractivity contribution is 4.65. The van der Waals surface area contributed by atoms with Crippen molar-refractivity contribution < 1.29 is 33.3 Å². The van der Waals surface area contributed by atoms with Gasteiger partial charge in [-0.1, -0.05) is 0 Å². The van der Waals surface area contributed by atoms with Crippen molar-refractivity contribution in [2.45, 2.75) is 13.5 Å². The van der Waals surface area contributed by atoms with Gasteiger partial charge in [0.05, 0.1) is 13.7 Å². The monoisotopic (exact) mass is 282 g/mol. The number of nitrogens with zero attached hydrogens (tertiary/aromatic N) is 2. The molecule has 0 spiro atoms. The van der Waals surface area contributed by atoms with E-state index in [1.165, 1.54) is 0 Å². The van der Waals surface area contributed by atoms with E-state index in [9.17, 15) is 0 Å². The molecule has 0 aromatic carbocycles. The Hall–Kier alpha value is -0.100. The van der Waals surface area contributed by atoms with Crippen LogP contribution >= 0.6 is 0 Å². The number of halogens is 1. The molecule has 0 fully saturated rings. The zero-order chi connectivity index (χ0) is 8.10. The van der Waals surface area contributed by atoms with Crippen LogP contribution < -0.4 is 28.5 Å². The van der Waals surface area contributed by atoms with E-state index in [0.717, 1.165) is 19.8 Å². The number of aryl methyl sites for hydroxylation is 1. The molecule has 1 aromatic heterocycles. The van der Waals surface area contributed by atoms with Crippen LogP contribution in [0.2, 0.25) is 0 Å². The average Bonchev–Trinajstić information content (AvgIpc) is 2.37. The van der Waals surface area contributed by atoms with E-state index >= 15 is 0 Å². The minimum atomic E-state index is 0. The fourth-order valence-electron chi connectivity index (χ4n) is 0.948. The van der Waals surface area contributed by atoms with Crippen molar-refractivity contribution in [3.8, 4) is 0 Å². The van der Waals surface area contributed by atoms with E-state index < -0.39 is 0 Å². The fourth-order valence-corrected chi connectivity index (χ4v) is 0.948. The maximum Gasteiger partial charge on any atom is 0.243 e. The molecule has 0 radical (unpaired) electrons. The molecule has 0 N–H and O–H groups in total. The summed E-state index contributed by atoms with van der Waals surface area (Å²) in [5, 5.41) is 0. The highest BCUT2D eigenvalue weighted by atomic mass is 127. The van der Waals surface area contributed by atoms with E-state index in [1.807, 2.05) is 37.3 Å². The Morgan fingerprint density at radius 2 is 2.25 bits per heavy atom. The molecule has 12 heavy (non-hydrogen) atoms. The number of aromatic nitrogens is 2. The molecule has 0 aliphatic rings. The molecule has 1 aromatic rings. The molecule has 1 heterocycles. The van der Waals surface area contributed by atoms with Gasteiger partial charge in [0, 0.05) is 6.61 Å². The summed E-state index contributed by atoms with van der Waals surface area (Å²) in [7, 11) is 2.01. The van der Waals surface area contributed by atoms with E-state index in [2.05, 4.69) is 4.57 Å². The Labute approximate surface area is 90.4 Å². The van der Waals surface area contributed by atoms with E-state index in [1.54, 1.807) is 0 Å². The smallest absolute Gasteiger partial charge is 0.243 e. The lowest BCUT2D eigenvalue weighted by atomic mass is 10.6. The summed E-state index contributed by atoms with van der Waals surface area (Å²) in [5.74, 6) is 0.